The number of nitrogens with zero attached hydrogens (tertiary/aromatic N) is 3. The first-order chi connectivity index (χ1) is 15.9. The maximum atomic E-state index is 12.9. The Morgan fingerprint density at radius 3 is 2.52 bits per heavy atom. The van der Waals surface area contributed by atoms with E-state index in [2.05, 4.69) is 27.4 Å². The fourth-order valence-electron chi connectivity index (χ4n) is 4.75. The number of fused-ring (bicyclic) bond motifs is 1. The molecule has 2 atom stereocenters. The molecular formula is C22H30N6O4S. The van der Waals surface area contributed by atoms with Gasteiger partial charge in [-0.1, -0.05) is 6.58 Å². The summed E-state index contributed by atoms with van der Waals surface area (Å²) in [6.07, 6.45) is 3.64. The summed E-state index contributed by atoms with van der Waals surface area (Å²) in [7, 11) is 0. The van der Waals surface area contributed by atoms with E-state index < -0.39 is 16.6 Å². The molecule has 1 aromatic rings. The van der Waals surface area contributed by atoms with Gasteiger partial charge in [-0.05, 0) is 42.5 Å². The third-order valence-corrected chi connectivity index (χ3v) is 7.57. The van der Waals surface area contributed by atoms with Gasteiger partial charge in [-0.25, -0.2) is 4.21 Å². The molecule has 2 saturated heterocycles. The van der Waals surface area contributed by atoms with Gasteiger partial charge in [0.25, 0.3) is 0 Å². The molecule has 33 heavy (non-hydrogen) atoms. The summed E-state index contributed by atoms with van der Waals surface area (Å²) < 4.78 is 21.0. The second-order valence-corrected chi connectivity index (χ2v) is 10.1. The van der Waals surface area contributed by atoms with Crippen molar-refractivity contribution in [3.8, 4) is 0 Å². The Hall–Kier alpha value is -2.63. The first kappa shape index (κ1) is 22.2. The van der Waals surface area contributed by atoms with Crippen LogP contribution in [0.4, 0.5) is 17.1 Å². The molecule has 0 aromatic heterocycles. The van der Waals surface area contributed by atoms with Gasteiger partial charge in [0.1, 0.15) is 0 Å². The summed E-state index contributed by atoms with van der Waals surface area (Å²) in [5, 5.41) is 9.37. The van der Waals surface area contributed by atoms with Crippen molar-refractivity contribution in [1.29, 1.82) is 0 Å². The van der Waals surface area contributed by atoms with Crippen LogP contribution >= 0.6 is 0 Å². The Morgan fingerprint density at radius 1 is 1.15 bits per heavy atom. The number of nitrogens with one attached hydrogen (secondary N) is 3. The van der Waals surface area contributed by atoms with E-state index in [0.717, 1.165) is 56.1 Å². The molecule has 2 amide bonds. The quantitative estimate of drug-likeness (QED) is 0.340. The number of piperazine rings is 1. The number of anilines is 3. The Balaban J connectivity index is 1.15. The van der Waals surface area contributed by atoms with Crippen LogP contribution in [-0.2, 0) is 20.7 Å². The summed E-state index contributed by atoms with van der Waals surface area (Å²) in [5.41, 5.74) is 2.72. The predicted octanol–water partition coefficient (Wildman–Crippen LogP) is 0.860. The van der Waals surface area contributed by atoms with Crippen molar-refractivity contribution in [3.05, 3.63) is 30.4 Å². The van der Waals surface area contributed by atoms with Gasteiger partial charge in [-0.2, -0.15) is 0 Å². The zero-order chi connectivity index (χ0) is 23.1. The number of hydrogen-bond donors (Lipinski definition) is 4. The summed E-state index contributed by atoms with van der Waals surface area (Å²) in [6, 6.07) is 4.44. The monoisotopic (exact) mass is 474 g/mol. The first-order valence-corrected chi connectivity index (χ1v) is 12.6. The molecule has 1 aliphatic carbocycles. The van der Waals surface area contributed by atoms with Gasteiger partial charge in [0, 0.05) is 45.3 Å². The lowest BCUT2D eigenvalue weighted by Gasteiger charge is -2.47. The van der Waals surface area contributed by atoms with E-state index in [0.29, 0.717) is 25.0 Å². The normalized spacial score (nSPS) is 23.7. The number of carbonyl (C=O) groups is 2. The van der Waals surface area contributed by atoms with Gasteiger partial charge in [0.2, 0.25) is 17.3 Å². The van der Waals surface area contributed by atoms with Gasteiger partial charge >= 0.3 is 0 Å². The highest BCUT2D eigenvalue weighted by Crippen LogP contribution is 2.46. The summed E-state index contributed by atoms with van der Waals surface area (Å²) in [6.45, 7) is 8.08. The number of benzene rings is 1. The highest BCUT2D eigenvalue weighted by molar-refractivity contribution is 7.80. The molecule has 2 unspecified atom stereocenters. The minimum absolute atomic E-state index is 0.0235. The molecular weight excluding hydrogens is 444 g/mol. The minimum atomic E-state index is -2.06. The zero-order valence-corrected chi connectivity index (χ0v) is 19.3. The fraction of sp³-hybridized carbons (Fsp3) is 0.545. The third kappa shape index (κ3) is 4.57. The lowest BCUT2D eigenvalue weighted by Crippen LogP contribution is -2.64. The van der Waals surface area contributed by atoms with E-state index in [1.807, 2.05) is 17.0 Å². The molecule has 1 saturated carbocycles. The molecule has 0 bridgehead atoms. The number of amides is 2. The second kappa shape index (κ2) is 8.96. The molecule has 3 heterocycles. The largest absolute Gasteiger partial charge is 0.374 e. The van der Waals surface area contributed by atoms with Crippen LogP contribution in [0.3, 0.4) is 0 Å². The Bertz CT molecular complexity index is 985. The third-order valence-electron chi connectivity index (χ3n) is 6.94. The standard InChI is InChI=1S/C22H30N6O4S/c1-2-19(29)28-12-16(13-28)26-5-7-27(8-6-26)20(30)11-23-17-9-15(14-3-4-14)10-18-21(17)25-22(24-18)33(31)32/h2,9-10,14,16,22-25H,1,3-8,11-13H2,(H,31,32). The highest BCUT2D eigenvalue weighted by atomic mass is 32.2. The van der Waals surface area contributed by atoms with Gasteiger partial charge in [-0.3, -0.25) is 14.5 Å². The molecule has 178 valence electrons. The molecule has 5 rings (SSSR count). The van der Waals surface area contributed by atoms with Gasteiger partial charge in [0.05, 0.1) is 23.6 Å². The molecule has 10 nitrogen and oxygen atoms in total. The summed E-state index contributed by atoms with van der Waals surface area (Å²) in [5.74, 6) is 0.527. The maximum absolute atomic E-state index is 12.9. The van der Waals surface area contributed by atoms with Crippen LogP contribution in [0, 0.1) is 0 Å². The lowest BCUT2D eigenvalue weighted by molar-refractivity contribution is -0.135. The SMILES string of the molecule is C=CC(=O)N1CC(N2CCN(C(=O)CNc3cc(C4CC4)cc4c3NC(S(=O)O)N4)CC2)C1. The van der Waals surface area contributed by atoms with E-state index in [-0.39, 0.29) is 18.4 Å². The van der Waals surface area contributed by atoms with Crippen LogP contribution in [0.2, 0.25) is 0 Å². The highest BCUT2D eigenvalue weighted by Gasteiger charge is 2.36. The van der Waals surface area contributed by atoms with E-state index in [4.69, 9.17) is 0 Å². The van der Waals surface area contributed by atoms with E-state index in [1.165, 1.54) is 11.6 Å². The van der Waals surface area contributed by atoms with Crippen LogP contribution in [0.1, 0.15) is 24.3 Å². The predicted molar refractivity (Wildman–Crippen MR) is 127 cm³/mol. The van der Waals surface area contributed by atoms with Crippen LogP contribution in [0.25, 0.3) is 0 Å². The fourth-order valence-corrected chi connectivity index (χ4v) is 5.20. The van der Waals surface area contributed by atoms with E-state index in [1.54, 1.807) is 4.90 Å². The first-order valence-electron chi connectivity index (χ1n) is 11.4. The molecule has 3 aliphatic heterocycles. The Labute approximate surface area is 195 Å². The molecule has 0 spiro atoms. The van der Waals surface area contributed by atoms with Crippen molar-refractivity contribution in [2.75, 3.05) is 61.8 Å². The molecule has 0 radical (unpaired) electrons. The average molecular weight is 475 g/mol. The van der Waals surface area contributed by atoms with E-state index >= 15 is 0 Å². The smallest absolute Gasteiger partial charge is 0.246 e. The van der Waals surface area contributed by atoms with Crippen molar-refractivity contribution >= 4 is 40.0 Å². The zero-order valence-electron chi connectivity index (χ0n) is 18.5. The molecule has 1 aromatic carbocycles. The topological polar surface area (TPSA) is 117 Å². The molecule has 3 fully saturated rings. The second-order valence-electron chi connectivity index (χ2n) is 9.08. The lowest BCUT2D eigenvalue weighted by atomic mass is 10.1. The van der Waals surface area contributed by atoms with E-state index in [9.17, 15) is 18.4 Å². The average Bonchev–Trinajstić information content (AvgIpc) is 3.54. The van der Waals surface area contributed by atoms with Crippen molar-refractivity contribution in [3.63, 3.8) is 0 Å². The van der Waals surface area contributed by atoms with Crippen molar-refractivity contribution in [2.45, 2.75) is 30.3 Å². The van der Waals surface area contributed by atoms with Crippen LogP contribution in [0.5, 0.6) is 0 Å². The van der Waals surface area contributed by atoms with Crippen LogP contribution in [0.15, 0.2) is 24.8 Å². The van der Waals surface area contributed by atoms with Gasteiger partial charge < -0.3 is 30.3 Å². The molecule has 11 heteroatoms. The number of hydrogen-bond acceptors (Lipinski definition) is 7. The maximum Gasteiger partial charge on any atom is 0.246 e. The number of likely N-dealkylation sites (tertiary alicyclic amines) is 1. The van der Waals surface area contributed by atoms with Gasteiger partial charge in [-0.15, -0.1) is 0 Å². The number of carbonyl (C=O) groups excluding carboxylic acids is 2. The summed E-state index contributed by atoms with van der Waals surface area (Å²) in [4.78, 5) is 30.5. The Morgan fingerprint density at radius 2 is 1.88 bits per heavy atom. The van der Waals surface area contributed by atoms with Crippen molar-refractivity contribution in [1.82, 2.24) is 14.7 Å². The minimum Gasteiger partial charge on any atom is -0.374 e. The van der Waals surface area contributed by atoms with Crippen LogP contribution < -0.4 is 16.0 Å². The van der Waals surface area contributed by atoms with Gasteiger partial charge in [0.15, 0.2) is 11.1 Å². The molecule has 4 N–H and O–H groups in total. The Kier molecular flexibility index (Phi) is 6.02. The molecule has 4 aliphatic rings. The van der Waals surface area contributed by atoms with Crippen molar-refractivity contribution < 1.29 is 18.4 Å². The summed E-state index contributed by atoms with van der Waals surface area (Å²) >= 11 is -2.06. The van der Waals surface area contributed by atoms with Crippen LogP contribution in [-0.4, -0.2) is 92.6 Å². The number of rotatable bonds is 7. The van der Waals surface area contributed by atoms with Crippen molar-refractivity contribution in [2.24, 2.45) is 0 Å².